The van der Waals surface area contributed by atoms with E-state index in [9.17, 15) is 0 Å². The molecule has 12 heavy (non-hydrogen) atoms. The van der Waals surface area contributed by atoms with Crippen LogP contribution in [-0.2, 0) is 14.2 Å². The van der Waals surface area contributed by atoms with Gasteiger partial charge in [0.05, 0.1) is 18.2 Å². The molecule has 0 aromatic heterocycles. The van der Waals surface area contributed by atoms with Gasteiger partial charge in [-0.1, -0.05) is 0 Å². The van der Waals surface area contributed by atoms with Gasteiger partial charge in [-0.3, -0.25) is 0 Å². The molecule has 2 N–H and O–H groups in total. The zero-order valence-electron chi connectivity index (χ0n) is 7.82. The van der Waals surface area contributed by atoms with Gasteiger partial charge in [0.2, 0.25) is 0 Å². The van der Waals surface area contributed by atoms with E-state index in [0.29, 0.717) is 6.42 Å². The second-order valence-corrected chi connectivity index (χ2v) is 3.09. The van der Waals surface area contributed by atoms with Gasteiger partial charge in [0.25, 0.3) is 0 Å². The average molecular weight is 175 g/mol. The highest BCUT2D eigenvalue weighted by molar-refractivity contribution is 4.84. The van der Waals surface area contributed by atoms with Crippen LogP contribution in [0.3, 0.4) is 0 Å². The van der Waals surface area contributed by atoms with Crippen molar-refractivity contribution < 1.29 is 14.2 Å². The van der Waals surface area contributed by atoms with Gasteiger partial charge in [-0.05, 0) is 6.92 Å². The van der Waals surface area contributed by atoms with Crippen LogP contribution in [0, 0.1) is 0 Å². The second kappa shape index (κ2) is 4.18. The summed E-state index contributed by atoms with van der Waals surface area (Å²) in [6.07, 6.45) is 0.565. The molecule has 4 nitrogen and oxygen atoms in total. The van der Waals surface area contributed by atoms with Crippen LogP contribution in [0.5, 0.6) is 0 Å². The predicted octanol–water partition coefficient (Wildman–Crippen LogP) is 0.110. The number of methoxy groups -OCH3 is 2. The van der Waals surface area contributed by atoms with Crippen LogP contribution < -0.4 is 5.73 Å². The molecule has 0 unspecified atom stereocenters. The summed E-state index contributed by atoms with van der Waals surface area (Å²) in [5.41, 5.74) is 5.84. The third-order valence-electron chi connectivity index (χ3n) is 2.33. The van der Waals surface area contributed by atoms with E-state index >= 15 is 0 Å². The topological polar surface area (TPSA) is 53.7 Å². The largest absolute Gasteiger partial charge is 0.380 e. The van der Waals surface area contributed by atoms with Gasteiger partial charge < -0.3 is 19.9 Å². The van der Waals surface area contributed by atoms with Crippen LogP contribution in [-0.4, -0.2) is 38.8 Å². The first-order chi connectivity index (χ1) is 5.69. The van der Waals surface area contributed by atoms with Crippen LogP contribution in [0.25, 0.3) is 0 Å². The lowest BCUT2D eigenvalue weighted by molar-refractivity contribution is -0.209. The Morgan fingerprint density at radius 3 is 2.50 bits per heavy atom. The quantitative estimate of drug-likeness (QED) is 0.647. The minimum Gasteiger partial charge on any atom is -0.380 e. The number of hydrogen-bond donors (Lipinski definition) is 1. The Labute approximate surface area is 73.0 Å². The van der Waals surface area contributed by atoms with Crippen LogP contribution in [0.15, 0.2) is 0 Å². The molecule has 1 aliphatic rings. The van der Waals surface area contributed by atoms with E-state index in [-0.39, 0.29) is 24.5 Å². The number of rotatable bonds is 2. The van der Waals surface area contributed by atoms with Crippen molar-refractivity contribution in [2.75, 3.05) is 14.2 Å². The van der Waals surface area contributed by atoms with Gasteiger partial charge in [-0.2, -0.15) is 0 Å². The molecule has 0 spiro atoms. The smallest absolute Gasteiger partial charge is 0.160 e. The molecule has 4 heteroatoms. The fraction of sp³-hybridized carbons (Fsp3) is 1.00. The molecule has 0 aromatic rings. The number of hydrogen-bond acceptors (Lipinski definition) is 4. The molecule has 1 heterocycles. The molecule has 0 aliphatic carbocycles. The van der Waals surface area contributed by atoms with Crippen LogP contribution in [0.4, 0.5) is 0 Å². The lowest BCUT2D eigenvalue weighted by Gasteiger charge is -2.37. The molecule has 72 valence electrons. The zero-order chi connectivity index (χ0) is 9.14. The highest BCUT2D eigenvalue weighted by Gasteiger charge is 2.33. The summed E-state index contributed by atoms with van der Waals surface area (Å²) in [4.78, 5) is 0. The van der Waals surface area contributed by atoms with Crippen molar-refractivity contribution in [2.24, 2.45) is 5.73 Å². The Balaban J connectivity index is 2.52. The minimum absolute atomic E-state index is 0.00588. The fourth-order valence-corrected chi connectivity index (χ4v) is 1.44. The molecule has 0 bridgehead atoms. The number of nitrogens with two attached hydrogens (primary N) is 1. The molecular weight excluding hydrogens is 158 g/mol. The van der Waals surface area contributed by atoms with Gasteiger partial charge in [0.1, 0.15) is 0 Å². The highest BCUT2D eigenvalue weighted by atomic mass is 16.7. The summed E-state index contributed by atoms with van der Waals surface area (Å²) in [5.74, 6) is 0. The molecule has 1 saturated heterocycles. The average Bonchev–Trinajstić information content (AvgIpc) is 2.09. The first kappa shape index (κ1) is 9.92. The molecule has 0 radical (unpaired) electrons. The van der Waals surface area contributed by atoms with Crippen molar-refractivity contribution in [3.05, 3.63) is 0 Å². The highest BCUT2D eigenvalue weighted by Crippen LogP contribution is 2.20. The van der Waals surface area contributed by atoms with Crippen molar-refractivity contribution in [1.82, 2.24) is 0 Å². The maximum atomic E-state index is 5.84. The predicted molar refractivity (Wildman–Crippen MR) is 44.7 cm³/mol. The van der Waals surface area contributed by atoms with E-state index in [1.54, 1.807) is 14.2 Å². The van der Waals surface area contributed by atoms with E-state index in [4.69, 9.17) is 19.9 Å². The molecule has 0 saturated carbocycles. The van der Waals surface area contributed by atoms with Gasteiger partial charge in [-0.15, -0.1) is 0 Å². The van der Waals surface area contributed by atoms with Crippen LogP contribution in [0.2, 0.25) is 0 Å². The first-order valence-corrected chi connectivity index (χ1v) is 4.15. The molecule has 1 aliphatic heterocycles. The van der Waals surface area contributed by atoms with Gasteiger partial charge in [0, 0.05) is 20.6 Å². The third kappa shape index (κ3) is 1.95. The lowest BCUT2D eigenvalue weighted by Crippen LogP contribution is -2.53. The Morgan fingerprint density at radius 2 is 2.00 bits per heavy atom. The molecule has 1 rings (SSSR count). The maximum Gasteiger partial charge on any atom is 0.160 e. The Morgan fingerprint density at radius 1 is 1.33 bits per heavy atom. The normalized spacial score (nSPS) is 43.0. The Kier molecular flexibility index (Phi) is 3.46. The molecule has 0 amide bonds. The van der Waals surface area contributed by atoms with Crippen LogP contribution >= 0.6 is 0 Å². The summed E-state index contributed by atoms with van der Waals surface area (Å²) in [7, 11) is 3.29. The minimum atomic E-state index is -0.176. The maximum absolute atomic E-state index is 5.84. The Hall–Kier alpha value is -0.160. The van der Waals surface area contributed by atoms with E-state index in [2.05, 4.69) is 0 Å². The molecular formula is C8H17NO3. The van der Waals surface area contributed by atoms with E-state index in [0.717, 1.165) is 0 Å². The molecule has 0 aromatic carbocycles. The monoisotopic (exact) mass is 175 g/mol. The second-order valence-electron chi connectivity index (χ2n) is 3.09. The van der Waals surface area contributed by atoms with Crippen molar-refractivity contribution in [1.29, 1.82) is 0 Å². The molecule has 4 atom stereocenters. The van der Waals surface area contributed by atoms with E-state index in [1.165, 1.54) is 0 Å². The number of ether oxygens (including phenoxy) is 3. The Bertz CT molecular complexity index is 142. The molecule has 1 fully saturated rings. The standard InChI is InChI=1S/C8H17NO3/c1-5-8(9)6(10-2)4-7(11-3)12-5/h5-8H,4,9H2,1-3H3/t5-,6-,7+,8-/m0/s1. The van der Waals surface area contributed by atoms with E-state index in [1.807, 2.05) is 6.92 Å². The van der Waals surface area contributed by atoms with Gasteiger partial charge in [0.15, 0.2) is 6.29 Å². The first-order valence-electron chi connectivity index (χ1n) is 4.15. The summed E-state index contributed by atoms with van der Waals surface area (Å²) in [6, 6.07) is -0.0543. The summed E-state index contributed by atoms with van der Waals surface area (Å²) < 4.78 is 15.8. The lowest BCUT2D eigenvalue weighted by atomic mass is 10.0. The van der Waals surface area contributed by atoms with E-state index < -0.39 is 0 Å². The van der Waals surface area contributed by atoms with Crippen LogP contribution in [0.1, 0.15) is 13.3 Å². The van der Waals surface area contributed by atoms with Gasteiger partial charge >= 0.3 is 0 Å². The zero-order valence-corrected chi connectivity index (χ0v) is 7.82. The third-order valence-corrected chi connectivity index (χ3v) is 2.33. The van der Waals surface area contributed by atoms with Crippen molar-refractivity contribution >= 4 is 0 Å². The fourth-order valence-electron chi connectivity index (χ4n) is 1.44. The summed E-state index contributed by atoms with van der Waals surface area (Å²) >= 11 is 0. The SMILES string of the molecule is CO[C@H]1C[C@H](OC)[C@@H](N)[C@H](C)O1. The summed E-state index contributed by atoms with van der Waals surface area (Å²) in [5, 5.41) is 0. The van der Waals surface area contributed by atoms with Crippen molar-refractivity contribution in [3.8, 4) is 0 Å². The summed E-state index contributed by atoms with van der Waals surface area (Å²) in [6.45, 7) is 1.93. The van der Waals surface area contributed by atoms with Crippen molar-refractivity contribution in [2.45, 2.75) is 37.9 Å². The van der Waals surface area contributed by atoms with Crippen molar-refractivity contribution in [3.63, 3.8) is 0 Å². The van der Waals surface area contributed by atoms with Gasteiger partial charge in [-0.25, -0.2) is 0 Å².